The molecule has 0 radical (unpaired) electrons. The minimum Gasteiger partial charge on any atom is -0.495 e. The van der Waals surface area contributed by atoms with Gasteiger partial charge in [0.15, 0.2) is 5.11 Å². The zero-order valence-electron chi connectivity index (χ0n) is 12.0. The van der Waals surface area contributed by atoms with E-state index in [0.717, 1.165) is 18.5 Å². The summed E-state index contributed by atoms with van der Waals surface area (Å²) in [6.45, 7) is 2.24. The summed E-state index contributed by atoms with van der Waals surface area (Å²) in [5, 5.41) is 7.85. The van der Waals surface area contributed by atoms with Gasteiger partial charge in [0, 0.05) is 11.2 Å². The van der Waals surface area contributed by atoms with E-state index in [2.05, 4.69) is 17.6 Å². The number of ether oxygens (including phenoxy) is 1. The Bertz CT molecular complexity index is 487. The SMILES string of the molecule is COc1ccc(NC(=S)NC2(C)CCCCC2)cc1Cl. The van der Waals surface area contributed by atoms with Gasteiger partial charge in [0.1, 0.15) is 5.75 Å². The lowest BCUT2D eigenvalue weighted by molar-refractivity contribution is 0.292. The maximum absolute atomic E-state index is 6.10. The van der Waals surface area contributed by atoms with Gasteiger partial charge in [-0.05, 0) is 50.2 Å². The van der Waals surface area contributed by atoms with Crippen molar-refractivity contribution in [1.29, 1.82) is 0 Å². The van der Waals surface area contributed by atoms with Crippen LogP contribution in [0, 0.1) is 0 Å². The van der Waals surface area contributed by atoms with Gasteiger partial charge in [-0.2, -0.15) is 0 Å². The molecule has 0 aromatic heterocycles. The smallest absolute Gasteiger partial charge is 0.171 e. The van der Waals surface area contributed by atoms with Crippen molar-refractivity contribution in [2.45, 2.75) is 44.6 Å². The Morgan fingerprint density at radius 2 is 2.00 bits per heavy atom. The number of thiocarbonyl (C=S) groups is 1. The minimum absolute atomic E-state index is 0.110. The van der Waals surface area contributed by atoms with Crippen LogP contribution in [-0.4, -0.2) is 17.8 Å². The van der Waals surface area contributed by atoms with E-state index in [-0.39, 0.29) is 5.54 Å². The number of nitrogens with one attached hydrogen (secondary N) is 2. The quantitative estimate of drug-likeness (QED) is 0.813. The molecular weight excluding hydrogens is 292 g/mol. The molecule has 3 nitrogen and oxygen atoms in total. The van der Waals surface area contributed by atoms with Crippen LogP contribution < -0.4 is 15.4 Å². The van der Waals surface area contributed by atoms with Crippen LogP contribution in [0.1, 0.15) is 39.0 Å². The zero-order chi connectivity index (χ0) is 14.6. The maximum Gasteiger partial charge on any atom is 0.171 e. The summed E-state index contributed by atoms with van der Waals surface area (Å²) in [4.78, 5) is 0. The Morgan fingerprint density at radius 3 is 2.60 bits per heavy atom. The molecule has 0 saturated heterocycles. The van der Waals surface area contributed by atoms with Crippen LogP contribution in [0.2, 0.25) is 5.02 Å². The fraction of sp³-hybridized carbons (Fsp3) is 0.533. The fourth-order valence-electron chi connectivity index (χ4n) is 2.64. The standard InChI is InChI=1S/C15H21ClN2OS/c1-15(8-4-3-5-9-15)18-14(20)17-11-6-7-13(19-2)12(16)10-11/h6-7,10H,3-5,8-9H2,1-2H3,(H2,17,18,20). The normalized spacial score (nSPS) is 17.4. The lowest BCUT2D eigenvalue weighted by atomic mass is 9.83. The van der Waals surface area contributed by atoms with Crippen molar-refractivity contribution in [2.24, 2.45) is 0 Å². The van der Waals surface area contributed by atoms with Gasteiger partial charge in [0.2, 0.25) is 0 Å². The Morgan fingerprint density at radius 1 is 1.30 bits per heavy atom. The molecule has 0 heterocycles. The van der Waals surface area contributed by atoms with Gasteiger partial charge >= 0.3 is 0 Å². The van der Waals surface area contributed by atoms with Gasteiger partial charge in [-0.1, -0.05) is 30.9 Å². The summed E-state index contributed by atoms with van der Waals surface area (Å²) in [5.74, 6) is 0.662. The van der Waals surface area contributed by atoms with Crippen molar-refractivity contribution < 1.29 is 4.74 Å². The molecule has 0 spiro atoms. The van der Waals surface area contributed by atoms with Crippen molar-refractivity contribution in [2.75, 3.05) is 12.4 Å². The number of rotatable bonds is 3. The predicted molar refractivity (Wildman–Crippen MR) is 88.9 cm³/mol. The molecule has 1 saturated carbocycles. The summed E-state index contributed by atoms with van der Waals surface area (Å²) in [6, 6.07) is 5.55. The van der Waals surface area contributed by atoms with Crippen molar-refractivity contribution in [3.63, 3.8) is 0 Å². The highest BCUT2D eigenvalue weighted by atomic mass is 35.5. The largest absolute Gasteiger partial charge is 0.495 e. The van der Waals surface area contributed by atoms with E-state index in [9.17, 15) is 0 Å². The Labute approximate surface area is 131 Å². The highest BCUT2D eigenvalue weighted by molar-refractivity contribution is 7.80. The van der Waals surface area contributed by atoms with Gasteiger partial charge in [-0.3, -0.25) is 0 Å². The van der Waals surface area contributed by atoms with Gasteiger partial charge in [-0.25, -0.2) is 0 Å². The maximum atomic E-state index is 6.10. The van der Waals surface area contributed by atoms with E-state index >= 15 is 0 Å². The highest BCUT2D eigenvalue weighted by Crippen LogP contribution is 2.29. The fourth-order valence-corrected chi connectivity index (χ4v) is 3.26. The second-order valence-corrected chi connectivity index (χ2v) is 6.37. The molecule has 1 aromatic rings. The average molecular weight is 313 g/mol. The lowest BCUT2D eigenvalue weighted by Gasteiger charge is -2.35. The second kappa shape index (κ2) is 6.64. The average Bonchev–Trinajstić information content (AvgIpc) is 2.39. The molecule has 20 heavy (non-hydrogen) atoms. The topological polar surface area (TPSA) is 33.3 Å². The van der Waals surface area contributed by atoms with Crippen molar-refractivity contribution in [1.82, 2.24) is 5.32 Å². The van der Waals surface area contributed by atoms with E-state index in [0.29, 0.717) is 15.9 Å². The first-order chi connectivity index (χ1) is 9.52. The molecule has 0 atom stereocenters. The van der Waals surface area contributed by atoms with Crippen LogP contribution in [0.25, 0.3) is 0 Å². The first kappa shape index (κ1) is 15.4. The molecule has 0 aliphatic heterocycles. The molecule has 1 fully saturated rings. The highest BCUT2D eigenvalue weighted by Gasteiger charge is 2.27. The van der Waals surface area contributed by atoms with Crippen LogP contribution in [0.3, 0.4) is 0 Å². The molecule has 2 N–H and O–H groups in total. The zero-order valence-corrected chi connectivity index (χ0v) is 13.5. The first-order valence-electron chi connectivity index (χ1n) is 6.95. The summed E-state index contributed by atoms with van der Waals surface area (Å²) in [6.07, 6.45) is 6.18. The molecule has 5 heteroatoms. The molecule has 0 unspecified atom stereocenters. The summed E-state index contributed by atoms with van der Waals surface area (Å²) in [7, 11) is 1.60. The van der Waals surface area contributed by atoms with Gasteiger partial charge in [-0.15, -0.1) is 0 Å². The van der Waals surface area contributed by atoms with Crippen LogP contribution in [-0.2, 0) is 0 Å². The molecule has 2 rings (SSSR count). The molecule has 1 aliphatic rings. The van der Waals surface area contributed by atoms with Crippen molar-refractivity contribution in [3.05, 3.63) is 23.2 Å². The summed E-state index contributed by atoms with van der Waals surface area (Å²) in [5.41, 5.74) is 0.978. The number of anilines is 1. The number of methoxy groups -OCH3 is 1. The van der Waals surface area contributed by atoms with E-state index in [4.69, 9.17) is 28.6 Å². The Hall–Kier alpha value is -1.00. The van der Waals surface area contributed by atoms with Crippen molar-refractivity contribution in [3.8, 4) is 5.75 Å². The van der Waals surface area contributed by atoms with E-state index < -0.39 is 0 Å². The molecule has 0 bridgehead atoms. The molecule has 1 aliphatic carbocycles. The summed E-state index contributed by atoms with van der Waals surface area (Å²) < 4.78 is 5.13. The number of hydrogen-bond acceptors (Lipinski definition) is 2. The minimum atomic E-state index is 0.110. The van der Waals surface area contributed by atoms with Gasteiger partial charge in [0.25, 0.3) is 0 Å². The van der Waals surface area contributed by atoms with Gasteiger partial charge < -0.3 is 15.4 Å². The Kier molecular flexibility index (Phi) is 5.11. The van der Waals surface area contributed by atoms with Crippen LogP contribution in [0.15, 0.2) is 18.2 Å². The van der Waals surface area contributed by atoms with E-state index in [1.165, 1.54) is 19.3 Å². The third-order valence-corrected chi connectivity index (χ3v) is 4.28. The third kappa shape index (κ3) is 4.00. The monoisotopic (exact) mass is 312 g/mol. The second-order valence-electron chi connectivity index (χ2n) is 5.55. The molecular formula is C15H21ClN2OS. The predicted octanol–water partition coefficient (Wildman–Crippen LogP) is 4.36. The van der Waals surface area contributed by atoms with Gasteiger partial charge in [0.05, 0.1) is 12.1 Å². The molecule has 0 amide bonds. The van der Waals surface area contributed by atoms with Crippen LogP contribution in [0.5, 0.6) is 5.75 Å². The van der Waals surface area contributed by atoms with E-state index in [1.54, 1.807) is 7.11 Å². The van der Waals surface area contributed by atoms with Crippen molar-refractivity contribution >= 4 is 34.6 Å². The number of halogens is 1. The Balaban J connectivity index is 1.95. The molecule has 1 aromatic carbocycles. The third-order valence-electron chi connectivity index (χ3n) is 3.78. The van der Waals surface area contributed by atoms with Crippen LogP contribution >= 0.6 is 23.8 Å². The molecule has 110 valence electrons. The number of hydrogen-bond donors (Lipinski definition) is 2. The van der Waals surface area contributed by atoms with Crippen LogP contribution in [0.4, 0.5) is 5.69 Å². The van der Waals surface area contributed by atoms with E-state index in [1.807, 2.05) is 18.2 Å². The first-order valence-corrected chi connectivity index (χ1v) is 7.74. The number of benzene rings is 1. The lowest BCUT2D eigenvalue weighted by Crippen LogP contribution is -2.48. The summed E-state index contributed by atoms with van der Waals surface area (Å²) >= 11 is 11.5.